The number of nitrogens with zero attached hydrogens (tertiary/aromatic N) is 2. The van der Waals surface area contributed by atoms with Gasteiger partial charge in [0.05, 0.1) is 0 Å². The van der Waals surface area contributed by atoms with Gasteiger partial charge in [0, 0.05) is 23.7 Å². The zero-order valence-electron chi connectivity index (χ0n) is 14.3. The van der Waals surface area contributed by atoms with Crippen molar-refractivity contribution in [1.82, 2.24) is 15.4 Å². The number of amides is 1. The van der Waals surface area contributed by atoms with E-state index in [0.29, 0.717) is 17.7 Å². The Hall–Kier alpha value is -2.86. The summed E-state index contributed by atoms with van der Waals surface area (Å²) >= 11 is 0. The maximum atomic E-state index is 12.7. The number of hydrazine groups is 1. The maximum Gasteiger partial charge on any atom is 0.282 e. The van der Waals surface area contributed by atoms with Crippen molar-refractivity contribution in [3.8, 4) is 5.75 Å². The normalized spacial score (nSPS) is 19.3. The van der Waals surface area contributed by atoms with Gasteiger partial charge < -0.3 is 9.84 Å². The summed E-state index contributed by atoms with van der Waals surface area (Å²) in [6.07, 6.45) is 5.47. The first-order chi connectivity index (χ1) is 12.0. The Morgan fingerprint density at radius 1 is 1.28 bits per heavy atom. The number of aryl methyl sites for hydroxylation is 1. The molecular formula is C19H21N3O3. The van der Waals surface area contributed by atoms with Crippen LogP contribution in [0.5, 0.6) is 5.75 Å². The Morgan fingerprint density at radius 2 is 2.00 bits per heavy atom. The first-order valence-corrected chi connectivity index (χ1v) is 8.17. The average molecular weight is 339 g/mol. The number of hydrogen-bond acceptors (Lipinski definition) is 5. The first-order valence-electron chi connectivity index (χ1n) is 8.17. The molecule has 0 fully saturated rings. The molecular weight excluding hydrogens is 318 g/mol. The number of aromatic nitrogens is 1. The molecule has 130 valence electrons. The van der Waals surface area contributed by atoms with Crippen LogP contribution >= 0.6 is 0 Å². The van der Waals surface area contributed by atoms with Gasteiger partial charge in [-0.25, -0.2) is 5.01 Å². The monoisotopic (exact) mass is 339 g/mol. The minimum absolute atomic E-state index is 0.184. The van der Waals surface area contributed by atoms with Gasteiger partial charge in [0.1, 0.15) is 5.75 Å². The van der Waals surface area contributed by atoms with Crippen LogP contribution < -0.4 is 10.2 Å². The fraction of sp³-hybridized carbons (Fsp3) is 0.263. The number of para-hydroxylation sites is 1. The van der Waals surface area contributed by atoms with Crippen LogP contribution in [0.1, 0.15) is 24.5 Å². The largest absolute Gasteiger partial charge is 0.483 e. The third-order valence-corrected chi connectivity index (χ3v) is 4.15. The second kappa shape index (κ2) is 6.94. The molecule has 0 bridgehead atoms. The quantitative estimate of drug-likeness (QED) is 0.874. The van der Waals surface area contributed by atoms with E-state index in [0.717, 1.165) is 11.3 Å². The smallest absolute Gasteiger partial charge is 0.282 e. The molecule has 2 heterocycles. The number of allylic oxidation sites excluding steroid dienone is 1. The van der Waals surface area contributed by atoms with Crippen LogP contribution in [0.4, 0.5) is 0 Å². The summed E-state index contributed by atoms with van der Waals surface area (Å²) in [7, 11) is 0. The van der Waals surface area contributed by atoms with Gasteiger partial charge in [0.25, 0.3) is 5.91 Å². The number of benzene rings is 1. The summed E-state index contributed by atoms with van der Waals surface area (Å²) in [6, 6.07) is 10.8. The summed E-state index contributed by atoms with van der Waals surface area (Å²) < 4.78 is 5.63. The van der Waals surface area contributed by atoms with Gasteiger partial charge >= 0.3 is 0 Å². The Labute approximate surface area is 146 Å². The number of nitrogens with one attached hydrogen (secondary N) is 1. The van der Waals surface area contributed by atoms with E-state index in [1.54, 1.807) is 30.6 Å². The lowest BCUT2D eigenvalue weighted by Gasteiger charge is -2.32. The first kappa shape index (κ1) is 17.0. The molecule has 0 radical (unpaired) electrons. The average Bonchev–Trinajstić information content (AvgIpc) is 3.00. The molecule has 3 rings (SSSR count). The van der Waals surface area contributed by atoms with E-state index in [-0.39, 0.29) is 12.5 Å². The fourth-order valence-corrected chi connectivity index (χ4v) is 2.73. The van der Waals surface area contributed by atoms with Crippen molar-refractivity contribution < 1.29 is 14.6 Å². The molecule has 0 unspecified atom stereocenters. The molecule has 2 aromatic rings. The SMILES string of the molecule is CCC1=C[C@@](O)(c2ccncc2)N(C(=O)COc2ccccc2C)N1. The van der Waals surface area contributed by atoms with E-state index in [2.05, 4.69) is 10.4 Å². The Bertz CT molecular complexity index is 792. The minimum atomic E-state index is -1.57. The summed E-state index contributed by atoms with van der Waals surface area (Å²) in [5, 5.41) is 12.3. The van der Waals surface area contributed by atoms with Crippen molar-refractivity contribution in [2.45, 2.75) is 26.0 Å². The number of pyridine rings is 1. The summed E-state index contributed by atoms with van der Waals surface area (Å²) in [4.78, 5) is 16.7. The molecule has 0 saturated heterocycles. The Morgan fingerprint density at radius 3 is 2.68 bits per heavy atom. The van der Waals surface area contributed by atoms with Crippen LogP contribution in [-0.4, -0.2) is 27.6 Å². The molecule has 2 N–H and O–H groups in total. The minimum Gasteiger partial charge on any atom is -0.483 e. The van der Waals surface area contributed by atoms with Crippen molar-refractivity contribution in [3.05, 3.63) is 71.7 Å². The van der Waals surface area contributed by atoms with Gasteiger partial charge in [0.15, 0.2) is 6.61 Å². The summed E-state index contributed by atoms with van der Waals surface area (Å²) in [5.41, 5.74) is 3.68. The molecule has 1 aromatic heterocycles. The molecule has 1 aliphatic rings. The molecule has 1 aliphatic heterocycles. The van der Waals surface area contributed by atoms with E-state index >= 15 is 0 Å². The molecule has 25 heavy (non-hydrogen) atoms. The number of hydrogen-bond donors (Lipinski definition) is 2. The van der Waals surface area contributed by atoms with Crippen molar-refractivity contribution in [2.75, 3.05) is 6.61 Å². The highest BCUT2D eigenvalue weighted by Crippen LogP contribution is 2.32. The van der Waals surface area contributed by atoms with Crippen molar-refractivity contribution >= 4 is 5.91 Å². The molecule has 6 nitrogen and oxygen atoms in total. The predicted molar refractivity (Wildman–Crippen MR) is 93.2 cm³/mol. The van der Waals surface area contributed by atoms with Crippen molar-refractivity contribution in [1.29, 1.82) is 0 Å². The summed E-state index contributed by atoms with van der Waals surface area (Å²) in [6.45, 7) is 3.68. The third-order valence-electron chi connectivity index (χ3n) is 4.15. The van der Waals surface area contributed by atoms with Gasteiger partial charge in [0.2, 0.25) is 5.72 Å². The molecule has 1 amide bonds. The van der Waals surface area contributed by atoms with Gasteiger partial charge in [-0.2, -0.15) is 0 Å². The second-order valence-electron chi connectivity index (χ2n) is 5.88. The highest BCUT2D eigenvalue weighted by molar-refractivity contribution is 5.79. The lowest BCUT2D eigenvalue weighted by atomic mass is 10.0. The maximum absolute atomic E-state index is 12.7. The Kier molecular flexibility index (Phi) is 4.72. The van der Waals surface area contributed by atoms with Crippen LogP contribution in [0.25, 0.3) is 0 Å². The lowest BCUT2D eigenvalue weighted by molar-refractivity contribution is -0.158. The van der Waals surface area contributed by atoms with Gasteiger partial charge in [-0.3, -0.25) is 15.2 Å². The molecule has 6 heteroatoms. The van der Waals surface area contributed by atoms with Crippen LogP contribution in [0, 0.1) is 6.92 Å². The van der Waals surface area contributed by atoms with E-state index in [1.165, 1.54) is 5.01 Å². The fourth-order valence-electron chi connectivity index (χ4n) is 2.73. The molecule has 1 atom stereocenters. The number of carbonyl (C=O) groups excluding carboxylic acids is 1. The highest BCUT2D eigenvalue weighted by atomic mass is 16.5. The van der Waals surface area contributed by atoms with Gasteiger partial charge in [-0.05, 0) is 43.2 Å². The predicted octanol–water partition coefficient (Wildman–Crippen LogP) is 2.25. The van der Waals surface area contributed by atoms with Crippen molar-refractivity contribution in [2.24, 2.45) is 0 Å². The highest BCUT2D eigenvalue weighted by Gasteiger charge is 2.43. The zero-order valence-corrected chi connectivity index (χ0v) is 14.3. The number of carbonyl (C=O) groups is 1. The van der Waals surface area contributed by atoms with Crippen LogP contribution in [-0.2, 0) is 10.5 Å². The van der Waals surface area contributed by atoms with Gasteiger partial charge in [-0.1, -0.05) is 25.1 Å². The lowest BCUT2D eigenvalue weighted by Crippen LogP contribution is -2.52. The molecule has 0 aliphatic carbocycles. The molecule has 0 saturated carbocycles. The number of aliphatic hydroxyl groups is 1. The third kappa shape index (κ3) is 3.34. The topological polar surface area (TPSA) is 74.7 Å². The second-order valence-corrected chi connectivity index (χ2v) is 5.88. The number of rotatable bonds is 5. The van der Waals surface area contributed by atoms with Crippen LogP contribution in [0.15, 0.2) is 60.6 Å². The van der Waals surface area contributed by atoms with E-state index in [9.17, 15) is 9.90 Å². The van der Waals surface area contributed by atoms with Crippen LogP contribution in [0.3, 0.4) is 0 Å². The van der Waals surface area contributed by atoms with E-state index < -0.39 is 5.72 Å². The van der Waals surface area contributed by atoms with E-state index in [1.807, 2.05) is 38.1 Å². The molecule has 1 aromatic carbocycles. The Balaban J connectivity index is 1.80. The summed E-state index contributed by atoms with van der Waals surface area (Å²) in [5.74, 6) is 0.272. The van der Waals surface area contributed by atoms with Gasteiger partial charge in [-0.15, -0.1) is 0 Å². The van der Waals surface area contributed by atoms with Crippen molar-refractivity contribution in [3.63, 3.8) is 0 Å². The molecule has 0 spiro atoms. The standard InChI is InChI=1S/C19H21N3O3/c1-3-16-12-19(24,15-8-10-20-11-9-15)22(21-16)18(23)13-25-17-7-5-4-6-14(17)2/h4-12,21,24H,3,13H2,1-2H3/t19-/m1/s1. The number of ether oxygens (including phenoxy) is 1. The van der Waals surface area contributed by atoms with Crippen LogP contribution in [0.2, 0.25) is 0 Å². The zero-order chi connectivity index (χ0) is 17.9. The van der Waals surface area contributed by atoms with E-state index in [4.69, 9.17) is 4.74 Å².